The molecule has 0 saturated heterocycles. The Morgan fingerprint density at radius 3 is 0.933 bits per heavy atom. The molecule has 4 heterocycles. The minimum absolute atomic E-state index is 0.304. The zero-order chi connectivity index (χ0) is 50.8. The molecule has 0 atom stereocenters. The van der Waals surface area contributed by atoms with Gasteiger partial charge >= 0.3 is 0 Å². The lowest BCUT2D eigenvalue weighted by Gasteiger charge is -2.48. The normalized spacial score (nSPS) is 15.3. The van der Waals surface area contributed by atoms with Crippen molar-refractivity contribution in [1.29, 1.82) is 0 Å². The number of nitrogens with zero attached hydrogens (tertiary/aromatic N) is 4. The fourth-order valence-electron chi connectivity index (χ4n) is 13.1. The van der Waals surface area contributed by atoms with Crippen molar-refractivity contribution >= 4 is 72.7 Å². The van der Waals surface area contributed by atoms with Crippen molar-refractivity contribution in [1.82, 2.24) is 4.98 Å². The van der Waals surface area contributed by atoms with Gasteiger partial charge in [-0.3, -0.25) is 0 Å². The SMILES string of the molecule is CC1(C)c2ccccc2N(c2c(-c3ccccc3)c(-c3ccccc3)c(N3c4ccccc4C(C)(C)c4ccccc43)c(N3c4ccccc4C(C)(C)c4ccccc43)c2-c2nc3ccccc3s2)c2ccccc21. The molecular formula is C70H56N4S. The molecule has 5 heteroatoms. The summed E-state index contributed by atoms with van der Waals surface area (Å²) in [7, 11) is 0. The van der Waals surface area contributed by atoms with Gasteiger partial charge in [-0.05, 0) is 93.0 Å². The van der Waals surface area contributed by atoms with Crippen LogP contribution in [0.2, 0.25) is 0 Å². The minimum Gasteiger partial charge on any atom is -0.308 e. The predicted molar refractivity (Wildman–Crippen MR) is 316 cm³/mol. The van der Waals surface area contributed by atoms with Gasteiger partial charge in [0.2, 0.25) is 0 Å². The molecule has 1 aromatic heterocycles. The standard InChI is InChI=1S/C70H56N4S/c1-68(2)47-31-13-20-38-54(47)72(55-39-21-14-32-48(55)68)64-61(45-27-9-7-10-28-45)62(46-29-11-8-12-30-46)65(73-56-40-22-15-33-49(56)69(3,4)50-34-16-23-41-57(50)73)66(63(64)67-71-53-37-19-26-44-60(53)75-67)74-58-42-24-17-35-51(58)70(5,6)52-36-18-25-43-59(52)74/h7-44H,1-6H3. The highest BCUT2D eigenvalue weighted by Gasteiger charge is 2.47. The van der Waals surface area contributed by atoms with Crippen LogP contribution in [0.5, 0.6) is 0 Å². The summed E-state index contributed by atoms with van der Waals surface area (Å²) >= 11 is 1.78. The van der Waals surface area contributed by atoms with Gasteiger partial charge in [0, 0.05) is 27.4 Å². The number of para-hydroxylation sites is 7. The summed E-state index contributed by atoms with van der Waals surface area (Å²) in [4.78, 5) is 13.7. The van der Waals surface area contributed by atoms with Gasteiger partial charge in [0.1, 0.15) is 5.01 Å². The highest BCUT2D eigenvalue weighted by atomic mass is 32.1. The smallest absolute Gasteiger partial charge is 0.128 e. The summed E-state index contributed by atoms with van der Waals surface area (Å²) in [5.41, 5.74) is 23.2. The van der Waals surface area contributed by atoms with E-state index in [0.29, 0.717) is 0 Å². The van der Waals surface area contributed by atoms with Crippen molar-refractivity contribution in [2.45, 2.75) is 57.8 Å². The van der Waals surface area contributed by atoms with Gasteiger partial charge in [0.25, 0.3) is 0 Å². The zero-order valence-corrected chi connectivity index (χ0v) is 44.0. The van der Waals surface area contributed by atoms with E-state index in [4.69, 9.17) is 4.98 Å². The van der Waals surface area contributed by atoms with Crippen LogP contribution in [-0.2, 0) is 16.2 Å². The molecule has 11 aromatic rings. The number of hydrogen-bond acceptors (Lipinski definition) is 5. The van der Waals surface area contributed by atoms with Crippen LogP contribution in [-0.4, -0.2) is 4.98 Å². The van der Waals surface area contributed by atoms with Crippen molar-refractivity contribution in [2.75, 3.05) is 14.7 Å². The third-order valence-corrected chi connectivity index (χ3v) is 17.7. The van der Waals surface area contributed by atoms with Crippen LogP contribution < -0.4 is 14.7 Å². The average Bonchev–Trinajstić information content (AvgIpc) is 3.90. The van der Waals surface area contributed by atoms with Gasteiger partial charge in [-0.15, -0.1) is 11.3 Å². The lowest BCUT2D eigenvalue weighted by atomic mass is 9.72. The molecule has 0 spiro atoms. The molecule has 3 aliphatic rings. The van der Waals surface area contributed by atoms with Crippen molar-refractivity contribution in [2.24, 2.45) is 0 Å². The second-order valence-electron chi connectivity index (χ2n) is 21.9. The molecule has 0 aliphatic carbocycles. The first-order valence-electron chi connectivity index (χ1n) is 26.2. The summed E-state index contributed by atoms with van der Waals surface area (Å²) in [5, 5.41) is 0.942. The van der Waals surface area contributed by atoms with Crippen molar-refractivity contribution in [3.8, 4) is 32.8 Å². The molecule has 362 valence electrons. The third-order valence-electron chi connectivity index (χ3n) is 16.6. The highest BCUT2D eigenvalue weighted by Crippen LogP contribution is 2.68. The molecule has 0 N–H and O–H groups in total. The summed E-state index contributed by atoms with van der Waals surface area (Å²) in [5.74, 6) is 0. The van der Waals surface area contributed by atoms with Crippen LogP contribution in [0.25, 0.3) is 43.0 Å². The van der Waals surface area contributed by atoms with Crippen LogP contribution in [0.3, 0.4) is 0 Å². The van der Waals surface area contributed by atoms with Crippen LogP contribution in [0, 0.1) is 0 Å². The fourth-order valence-corrected chi connectivity index (χ4v) is 14.1. The second kappa shape index (κ2) is 16.8. The molecule has 0 radical (unpaired) electrons. The number of thiazole rings is 1. The summed E-state index contributed by atoms with van der Waals surface area (Å²) in [6.07, 6.45) is 0. The lowest BCUT2D eigenvalue weighted by Crippen LogP contribution is -2.34. The van der Waals surface area contributed by atoms with E-state index in [9.17, 15) is 0 Å². The van der Waals surface area contributed by atoms with Gasteiger partial charge < -0.3 is 14.7 Å². The molecular weight excluding hydrogens is 929 g/mol. The largest absolute Gasteiger partial charge is 0.308 e. The molecule has 14 rings (SSSR count). The maximum absolute atomic E-state index is 5.86. The first-order valence-corrected chi connectivity index (χ1v) is 27.0. The van der Waals surface area contributed by atoms with Crippen molar-refractivity contribution < 1.29 is 0 Å². The number of aromatic nitrogens is 1. The number of fused-ring (bicyclic) bond motifs is 7. The molecule has 0 saturated carbocycles. The third kappa shape index (κ3) is 6.57. The van der Waals surface area contributed by atoms with E-state index in [0.717, 1.165) is 94.2 Å². The van der Waals surface area contributed by atoms with Crippen LogP contribution in [0.15, 0.2) is 231 Å². The predicted octanol–water partition coefficient (Wildman–Crippen LogP) is 19.6. The number of anilines is 9. The Hall–Kier alpha value is -8.51. The van der Waals surface area contributed by atoms with Crippen molar-refractivity contribution in [3.05, 3.63) is 264 Å². The van der Waals surface area contributed by atoms with Gasteiger partial charge in [0.15, 0.2) is 0 Å². The molecule has 75 heavy (non-hydrogen) atoms. The molecule has 4 nitrogen and oxygen atoms in total. The molecule has 0 fully saturated rings. The number of hydrogen-bond donors (Lipinski definition) is 0. The topological polar surface area (TPSA) is 22.6 Å². The van der Waals surface area contributed by atoms with Crippen LogP contribution in [0.4, 0.5) is 51.2 Å². The Morgan fingerprint density at radius 2 is 0.573 bits per heavy atom. The van der Waals surface area contributed by atoms with E-state index < -0.39 is 0 Å². The highest BCUT2D eigenvalue weighted by molar-refractivity contribution is 7.21. The summed E-state index contributed by atoms with van der Waals surface area (Å²) < 4.78 is 1.14. The maximum atomic E-state index is 5.86. The number of benzene rings is 10. The Balaban J connectivity index is 1.31. The fraction of sp³-hybridized carbons (Fsp3) is 0.129. The summed E-state index contributed by atoms with van der Waals surface area (Å²) in [6, 6.07) is 85.8. The zero-order valence-electron chi connectivity index (χ0n) is 43.1. The molecule has 10 aromatic carbocycles. The minimum atomic E-state index is -0.320. The first-order chi connectivity index (χ1) is 36.5. The Kier molecular flexibility index (Phi) is 10.1. The molecule has 0 amide bonds. The quantitative estimate of drug-likeness (QED) is 0.166. The lowest BCUT2D eigenvalue weighted by molar-refractivity contribution is 0.630. The summed E-state index contributed by atoms with van der Waals surface area (Å²) in [6.45, 7) is 14.3. The molecule has 0 bridgehead atoms. The van der Waals surface area contributed by atoms with Gasteiger partial charge in [-0.2, -0.15) is 0 Å². The van der Waals surface area contributed by atoms with E-state index in [1.54, 1.807) is 11.3 Å². The maximum Gasteiger partial charge on any atom is 0.128 e. The Morgan fingerprint density at radius 1 is 0.293 bits per heavy atom. The van der Waals surface area contributed by atoms with Crippen LogP contribution in [0.1, 0.15) is 74.9 Å². The van der Waals surface area contributed by atoms with Gasteiger partial charge in [-0.1, -0.05) is 224 Å². The molecule has 0 unspecified atom stereocenters. The molecule has 3 aliphatic heterocycles. The monoisotopic (exact) mass is 984 g/mol. The van der Waals surface area contributed by atoms with E-state index in [1.165, 1.54) is 33.4 Å². The Labute approximate surface area is 444 Å². The van der Waals surface area contributed by atoms with E-state index in [-0.39, 0.29) is 16.2 Å². The van der Waals surface area contributed by atoms with E-state index >= 15 is 0 Å². The van der Waals surface area contributed by atoms with Crippen LogP contribution >= 0.6 is 11.3 Å². The Bertz CT molecular complexity index is 3890. The first kappa shape index (κ1) is 45.1. The van der Waals surface area contributed by atoms with Gasteiger partial charge in [0.05, 0.1) is 67.0 Å². The van der Waals surface area contributed by atoms with E-state index in [1.807, 2.05) is 0 Å². The number of rotatable bonds is 6. The van der Waals surface area contributed by atoms with Crippen molar-refractivity contribution in [3.63, 3.8) is 0 Å². The average molecular weight is 985 g/mol. The van der Waals surface area contributed by atoms with Gasteiger partial charge in [-0.25, -0.2) is 4.98 Å². The van der Waals surface area contributed by atoms with E-state index in [2.05, 4.69) is 287 Å². The second-order valence-corrected chi connectivity index (χ2v) is 22.9.